The molecule has 4 aromatic rings. The molecular weight excluding hydrogens is 819 g/mol. The van der Waals surface area contributed by atoms with Crippen LogP contribution in [0.15, 0.2) is 127 Å². The van der Waals surface area contributed by atoms with Crippen LogP contribution in [0.5, 0.6) is 0 Å². The molecule has 0 saturated carbocycles. The average Bonchev–Trinajstić information content (AvgIpc) is 3.64. The molecule has 0 bridgehead atoms. The number of nitrogens with zero attached hydrogens (tertiary/aromatic N) is 1. The van der Waals surface area contributed by atoms with E-state index in [-0.39, 0.29) is 29.4 Å². The van der Waals surface area contributed by atoms with Gasteiger partial charge in [0.15, 0.2) is 8.32 Å². The largest absolute Gasteiger partial charge is 0.457 e. The Morgan fingerprint density at radius 1 is 0.871 bits per heavy atom. The van der Waals surface area contributed by atoms with Gasteiger partial charge in [-0.3, -0.25) is 4.79 Å². The predicted molar refractivity (Wildman–Crippen MR) is 268 cm³/mol. The first kappa shape index (κ1) is 50.9. The first-order valence-corrected chi connectivity index (χ1v) is 28.1. The van der Waals surface area contributed by atoms with Crippen molar-refractivity contribution in [3.63, 3.8) is 0 Å². The van der Waals surface area contributed by atoms with Gasteiger partial charge in [-0.2, -0.15) is 0 Å². The van der Waals surface area contributed by atoms with Crippen LogP contribution in [-0.2, 0) is 18.4 Å². The van der Waals surface area contributed by atoms with E-state index in [9.17, 15) is 9.90 Å². The summed E-state index contributed by atoms with van der Waals surface area (Å²) in [6, 6.07) is 31.7. The van der Waals surface area contributed by atoms with Crippen LogP contribution < -0.4 is 15.6 Å². The van der Waals surface area contributed by atoms with Gasteiger partial charge in [0, 0.05) is 23.1 Å². The highest BCUT2D eigenvalue weighted by molar-refractivity contribution is 7.09. The monoisotopic (exact) mass is 893 g/mol. The third-order valence-electron chi connectivity index (χ3n) is 13.0. The van der Waals surface area contributed by atoms with Gasteiger partial charge < -0.3 is 18.7 Å². The highest BCUT2D eigenvalue weighted by Gasteiger charge is 2.53. The van der Waals surface area contributed by atoms with Gasteiger partial charge in [-0.25, -0.2) is 4.98 Å². The Kier molecular flexibility index (Phi) is 18.3. The molecule has 0 aliphatic carbocycles. The number of carbonyl (C=O) groups excluding carboxylic acids is 1. The minimum absolute atomic E-state index is 0.0406. The van der Waals surface area contributed by atoms with E-state index in [1.807, 2.05) is 43.5 Å². The van der Waals surface area contributed by atoms with Crippen LogP contribution in [0.25, 0.3) is 6.08 Å². The molecule has 0 saturated heterocycles. The Labute approximate surface area is 380 Å². The molecule has 1 N–H and O–H groups in total. The van der Waals surface area contributed by atoms with Gasteiger partial charge >= 0.3 is 5.97 Å². The molecule has 336 valence electrons. The zero-order chi connectivity index (χ0) is 45.9. The summed E-state index contributed by atoms with van der Waals surface area (Å²) in [6.45, 7) is 34.3. The van der Waals surface area contributed by atoms with E-state index in [1.165, 1.54) is 5.57 Å². The van der Waals surface area contributed by atoms with E-state index in [0.29, 0.717) is 6.42 Å². The van der Waals surface area contributed by atoms with Crippen molar-refractivity contribution in [2.24, 2.45) is 17.3 Å². The number of rotatable bonds is 23. The summed E-state index contributed by atoms with van der Waals surface area (Å²) in [5.41, 5.74) is 1.89. The molecule has 0 spiro atoms. The topological polar surface area (TPSA) is 77.9 Å². The number of aromatic nitrogens is 1. The Morgan fingerprint density at radius 2 is 1.39 bits per heavy atom. The highest BCUT2D eigenvalue weighted by atomic mass is 32.1. The van der Waals surface area contributed by atoms with Crippen molar-refractivity contribution in [3.05, 3.63) is 137 Å². The van der Waals surface area contributed by atoms with Gasteiger partial charge in [0.1, 0.15) is 6.10 Å². The lowest BCUT2D eigenvalue weighted by molar-refractivity contribution is -0.154. The second-order valence-electron chi connectivity index (χ2n) is 19.6. The number of hydrogen-bond acceptors (Lipinski definition) is 7. The van der Waals surface area contributed by atoms with E-state index in [2.05, 4.69) is 159 Å². The van der Waals surface area contributed by atoms with E-state index in [4.69, 9.17) is 13.6 Å². The number of esters is 1. The summed E-state index contributed by atoms with van der Waals surface area (Å²) < 4.78 is 21.9. The Hall–Kier alpha value is -3.71. The second kappa shape index (κ2) is 22.3. The number of carbonyl (C=O) groups is 1. The normalized spacial score (nSPS) is 15.9. The van der Waals surface area contributed by atoms with Crippen molar-refractivity contribution in [2.75, 3.05) is 0 Å². The van der Waals surface area contributed by atoms with E-state index < -0.39 is 46.3 Å². The number of benzene rings is 3. The lowest BCUT2D eigenvalue weighted by Crippen LogP contribution is -2.72. The molecule has 6 atom stereocenters. The zero-order valence-electron chi connectivity index (χ0n) is 39.7. The fourth-order valence-electron chi connectivity index (χ4n) is 8.24. The third kappa shape index (κ3) is 12.9. The van der Waals surface area contributed by atoms with E-state index in [1.54, 1.807) is 17.4 Å². The molecule has 0 fully saturated rings. The maximum absolute atomic E-state index is 14.1. The summed E-state index contributed by atoms with van der Waals surface area (Å²) in [5.74, 6) is -0.529. The predicted octanol–water partition coefficient (Wildman–Crippen LogP) is 11.6. The minimum Gasteiger partial charge on any atom is -0.457 e. The summed E-state index contributed by atoms with van der Waals surface area (Å²) >= 11 is 1.58. The third-order valence-corrected chi connectivity index (χ3v) is 22.3. The SMILES string of the molecule is C=CC[C@H](OC(=O)C[C@@H](O)C(C)(C)[C@H](O[Si](c1ccccc1)(c1ccccc1)c1ccccc1)[C@H](C)[C@@H](O[Si](C)(C)C(C)(C)C)[C@@H](C)CCCC(=C)C)/C(C)=C/c1csc(C)n1. The van der Waals surface area contributed by atoms with Gasteiger partial charge in [0.2, 0.25) is 0 Å². The number of aryl methyl sites for hydroxylation is 1. The quantitative estimate of drug-likeness (QED) is 0.0346. The van der Waals surface area contributed by atoms with Gasteiger partial charge in [0.25, 0.3) is 8.32 Å². The van der Waals surface area contributed by atoms with Crippen LogP contribution in [-0.4, -0.2) is 57.1 Å². The standard InChI is InChI=1S/C53H75NO5SSi2/c1-15-26-47(40(5)35-43-37-60-42(7)54-43)57-49(56)36-48(55)53(11,12)51(41(6)50(39(4)28-25-27-38(2)3)58-61(13,14)52(8,9)10)59-62(44-29-19-16-20-30-44,45-31-21-17-22-32-45)46-33-23-18-24-34-46/h15-24,29-35,37,39,41,47-48,50-51,55H,1-2,25-28,36H2,3-14H3/b40-35+/t39-,41+,47-,48+,50-,51+/m0/s1. The number of aliphatic hydroxyl groups is 1. The van der Waals surface area contributed by atoms with Crippen molar-refractivity contribution in [1.29, 1.82) is 0 Å². The van der Waals surface area contributed by atoms with Gasteiger partial charge in [-0.1, -0.05) is 151 Å². The molecule has 4 rings (SSSR count). The molecule has 62 heavy (non-hydrogen) atoms. The zero-order valence-corrected chi connectivity index (χ0v) is 42.6. The molecule has 0 aliphatic rings. The lowest BCUT2D eigenvalue weighted by atomic mass is 9.71. The van der Waals surface area contributed by atoms with Crippen molar-refractivity contribution >= 4 is 55.6 Å². The maximum Gasteiger partial charge on any atom is 0.309 e. The first-order valence-electron chi connectivity index (χ1n) is 22.4. The molecule has 0 unspecified atom stereocenters. The summed E-state index contributed by atoms with van der Waals surface area (Å²) in [5, 5.41) is 18.8. The molecule has 0 amide bonds. The van der Waals surface area contributed by atoms with Crippen molar-refractivity contribution < 1.29 is 23.5 Å². The lowest BCUT2D eigenvalue weighted by Gasteiger charge is -2.51. The maximum atomic E-state index is 14.1. The van der Waals surface area contributed by atoms with Gasteiger partial charge in [0.05, 0.1) is 35.4 Å². The molecule has 1 heterocycles. The van der Waals surface area contributed by atoms with Gasteiger partial charge in [-0.05, 0) is 91.3 Å². The Bertz CT molecular complexity index is 1960. The van der Waals surface area contributed by atoms with Crippen LogP contribution >= 0.6 is 11.3 Å². The summed E-state index contributed by atoms with van der Waals surface area (Å²) in [6.07, 6.45) is 4.38. The summed E-state index contributed by atoms with van der Waals surface area (Å²) in [4.78, 5) is 18.7. The molecular formula is C53H75NO5SSi2. The number of aliphatic hydroxyl groups excluding tert-OH is 1. The minimum atomic E-state index is -3.36. The van der Waals surface area contributed by atoms with Crippen LogP contribution in [0.1, 0.15) is 105 Å². The molecule has 9 heteroatoms. The van der Waals surface area contributed by atoms with E-state index in [0.717, 1.165) is 51.1 Å². The van der Waals surface area contributed by atoms with Crippen LogP contribution in [0, 0.1) is 24.2 Å². The molecule has 0 aliphatic heterocycles. The van der Waals surface area contributed by atoms with Crippen molar-refractivity contribution in [3.8, 4) is 0 Å². The smallest absolute Gasteiger partial charge is 0.309 e. The van der Waals surface area contributed by atoms with E-state index >= 15 is 0 Å². The average molecular weight is 894 g/mol. The number of hydrogen-bond donors (Lipinski definition) is 1. The first-order chi connectivity index (χ1) is 29.1. The van der Waals surface area contributed by atoms with Crippen molar-refractivity contribution in [1.82, 2.24) is 4.98 Å². The molecule has 0 radical (unpaired) electrons. The van der Waals surface area contributed by atoms with Crippen LogP contribution in [0.3, 0.4) is 0 Å². The molecule has 1 aromatic heterocycles. The van der Waals surface area contributed by atoms with Crippen LogP contribution in [0.2, 0.25) is 18.1 Å². The Balaban J connectivity index is 1.90. The number of thiazole rings is 1. The molecule has 6 nitrogen and oxygen atoms in total. The fourth-order valence-corrected chi connectivity index (χ4v) is 14.6. The molecule has 3 aromatic carbocycles. The number of ether oxygens (including phenoxy) is 1. The fraction of sp³-hybridized carbons (Fsp3) is 0.472. The van der Waals surface area contributed by atoms with Crippen LogP contribution in [0.4, 0.5) is 0 Å². The second-order valence-corrected chi connectivity index (χ2v) is 28.7. The van der Waals surface area contributed by atoms with Crippen molar-refractivity contribution in [2.45, 2.75) is 144 Å². The van der Waals surface area contributed by atoms with Gasteiger partial charge in [-0.15, -0.1) is 24.5 Å². The Morgan fingerprint density at radius 3 is 1.82 bits per heavy atom. The highest BCUT2D eigenvalue weighted by Crippen LogP contribution is 2.44. The summed E-state index contributed by atoms with van der Waals surface area (Å²) in [7, 11) is -5.70. The number of allylic oxidation sites excluding steroid dienone is 1.